The molecule has 0 radical (unpaired) electrons. The summed E-state index contributed by atoms with van der Waals surface area (Å²) in [7, 11) is 1.34. The van der Waals surface area contributed by atoms with E-state index in [-0.39, 0.29) is 22.9 Å². The van der Waals surface area contributed by atoms with Gasteiger partial charge in [-0.1, -0.05) is 0 Å². The Labute approximate surface area is 147 Å². The highest BCUT2D eigenvalue weighted by molar-refractivity contribution is 5.92. The van der Waals surface area contributed by atoms with Gasteiger partial charge in [-0.25, -0.2) is 9.59 Å². The molecule has 0 spiro atoms. The number of anilines is 2. The fourth-order valence-corrected chi connectivity index (χ4v) is 1.83. The van der Waals surface area contributed by atoms with Crippen molar-refractivity contribution >= 4 is 23.6 Å². The molecule has 3 N–H and O–H groups in total. The van der Waals surface area contributed by atoms with Gasteiger partial charge in [0.25, 0.3) is 0 Å². The van der Waals surface area contributed by atoms with Gasteiger partial charge in [0.05, 0.1) is 18.5 Å². The Hall–Kier alpha value is -2.64. The van der Waals surface area contributed by atoms with Gasteiger partial charge in [0.1, 0.15) is 11.2 Å². The molecule has 0 aromatic heterocycles. The molecule has 0 aliphatic heterocycles. The van der Waals surface area contributed by atoms with Crippen LogP contribution in [0.25, 0.3) is 0 Å². The van der Waals surface area contributed by atoms with Crippen molar-refractivity contribution < 1.29 is 28.9 Å². The molecule has 140 valence electrons. The van der Waals surface area contributed by atoms with Gasteiger partial charge in [-0.05, 0) is 47.6 Å². The summed E-state index contributed by atoms with van der Waals surface area (Å²) in [6, 6.07) is 2.70. The first-order valence-corrected chi connectivity index (χ1v) is 7.72. The van der Waals surface area contributed by atoms with Gasteiger partial charge in [-0.15, -0.1) is 0 Å². The van der Waals surface area contributed by atoms with Crippen molar-refractivity contribution in [3.8, 4) is 11.5 Å². The number of phenols is 1. The molecule has 1 aromatic carbocycles. The van der Waals surface area contributed by atoms with Crippen LogP contribution >= 0.6 is 0 Å². The number of carbonyl (C=O) groups excluding carboxylic acids is 2. The largest absolute Gasteiger partial charge is 0.504 e. The van der Waals surface area contributed by atoms with E-state index in [1.807, 2.05) is 0 Å². The highest BCUT2D eigenvalue weighted by atomic mass is 16.6. The van der Waals surface area contributed by atoms with E-state index in [9.17, 15) is 14.7 Å². The predicted octanol–water partition coefficient (Wildman–Crippen LogP) is 4.09. The lowest BCUT2D eigenvalue weighted by Gasteiger charge is -2.21. The molecule has 0 unspecified atom stereocenters. The molecule has 0 heterocycles. The number of amides is 2. The smallest absolute Gasteiger partial charge is 0.412 e. The highest BCUT2D eigenvalue weighted by Gasteiger charge is 2.21. The number of ether oxygens (including phenoxy) is 3. The van der Waals surface area contributed by atoms with Crippen molar-refractivity contribution in [2.24, 2.45) is 0 Å². The van der Waals surface area contributed by atoms with Crippen LogP contribution in [0.4, 0.5) is 21.0 Å². The summed E-state index contributed by atoms with van der Waals surface area (Å²) >= 11 is 0. The summed E-state index contributed by atoms with van der Waals surface area (Å²) in [4.78, 5) is 23.8. The third kappa shape index (κ3) is 7.19. The quantitative estimate of drug-likeness (QED) is 0.755. The average molecular weight is 354 g/mol. The van der Waals surface area contributed by atoms with E-state index in [1.54, 1.807) is 41.5 Å². The maximum absolute atomic E-state index is 11.9. The summed E-state index contributed by atoms with van der Waals surface area (Å²) in [6.07, 6.45) is -1.42. The van der Waals surface area contributed by atoms with Crippen LogP contribution in [0.5, 0.6) is 11.5 Å². The van der Waals surface area contributed by atoms with Crippen LogP contribution in [0.3, 0.4) is 0 Å². The third-order valence-electron chi connectivity index (χ3n) is 2.55. The molecule has 0 atom stereocenters. The third-order valence-corrected chi connectivity index (χ3v) is 2.55. The fraction of sp³-hybridized carbons (Fsp3) is 0.529. The lowest BCUT2D eigenvalue weighted by molar-refractivity contribution is 0.0625. The van der Waals surface area contributed by atoms with E-state index < -0.39 is 23.4 Å². The molecule has 8 nitrogen and oxygen atoms in total. The minimum atomic E-state index is -0.723. The van der Waals surface area contributed by atoms with Crippen molar-refractivity contribution in [1.82, 2.24) is 0 Å². The average Bonchev–Trinajstić information content (AvgIpc) is 2.33. The molecule has 8 heteroatoms. The number of hydrogen-bond donors (Lipinski definition) is 3. The lowest BCUT2D eigenvalue weighted by atomic mass is 10.2. The molecule has 1 rings (SSSR count). The van der Waals surface area contributed by atoms with Gasteiger partial charge in [-0.3, -0.25) is 10.6 Å². The van der Waals surface area contributed by atoms with Gasteiger partial charge in [0, 0.05) is 6.07 Å². The molecule has 0 fully saturated rings. The van der Waals surface area contributed by atoms with Gasteiger partial charge < -0.3 is 19.3 Å². The van der Waals surface area contributed by atoms with Crippen LogP contribution in [-0.4, -0.2) is 35.6 Å². The van der Waals surface area contributed by atoms with E-state index in [0.717, 1.165) is 0 Å². The molecule has 2 amide bonds. The second-order valence-corrected chi connectivity index (χ2v) is 7.33. The maximum Gasteiger partial charge on any atom is 0.412 e. The lowest BCUT2D eigenvalue weighted by Crippen LogP contribution is -2.28. The normalized spacial score (nSPS) is 11.5. The number of rotatable bonds is 3. The van der Waals surface area contributed by atoms with Crippen molar-refractivity contribution in [3.05, 3.63) is 12.1 Å². The van der Waals surface area contributed by atoms with Gasteiger partial charge in [0.15, 0.2) is 11.5 Å². The number of benzene rings is 1. The molecule has 0 bridgehead atoms. The molecule has 0 aliphatic carbocycles. The van der Waals surface area contributed by atoms with Crippen molar-refractivity contribution in [1.29, 1.82) is 0 Å². The Morgan fingerprint density at radius 1 is 0.920 bits per heavy atom. The minimum absolute atomic E-state index is 0.0422. The van der Waals surface area contributed by atoms with Crippen molar-refractivity contribution in [2.45, 2.75) is 52.7 Å². The first-order chi connectivity index (χ1) is 11.3. The van der Waals surface area contributed by atoms with Crippen LogP contribution in [0, 0.1) is 0 Å². The first-order valence-electron chi connectivity index (χ1n) is 7.72. The second kappa shape index (κ2) is 7.50. The molecule has 0 saturated carbocycles. The van der Waals surface area contributed by atoms with Crippen molar-refractivity contribution in [3.63, 3.8) is 0 Å². The number of carbonyl (C=O) groups is 2. The zero-order valence-electron chi connectivity index (χ0n) is 15.6. The Morgan fingerprint density at radius 2 is 1.40 bits per heavy atom. The van der Waals surface area contributed by atoms with Crippen LogP contribution in [0.1, 0.15) is 41.5 Å². The Bertz CT molecular complexity index is 644. The van der Waals surface area contributed by atoms with E-state index in [1.165, 1.54) is 19.2 Å². The molecule has 0 saturated heterocycles. The van der Waals surface area contributed by atoms with Crippen LogP contribution in [-0.2, 0) is 9.47 Å². The summed E-state index contributed by atoms with van der Waals surface area (Å²) in [5.74, 6) is -0.220. The van der Waals surface area contributed by atoms with Gasteiger partial charge in [-0.2, -0.15) is 0 Å². The number of aromatic hydroxyl groups is 1. The summed E-state index contributed by atoms with van der Waals surface area (Å²) in [6.45, 7) is 10.4. The molecular weight excluding hydrogens is 328 g/mol. The van der Waals surface area contributed by atoms with Gasteiger partial charge in [0.2, 0.25) is 0 Å². The molecule has 1 aromatic rings. The minimum Gasteiger partial charge on any atom is -0.504 e. The number of phenolic OH excluding ortho intramolecular Hbond substituents is 1. The Kier molecular flexibility index (Phi) is 6.12. The molecule has 0 aliphatic rings. The fourth-order valence-electron chi connectivity index (χ4n) is 1.83. The Morgan fingerprint density at radius 3 is 1.84 bits per heavy atom. The first kappa shape index (κ1) is 20.4. The second-order valence-electron chi connectivity index (χ2n) is 7.33. The number of nitrogens with one attached hydrogen (secondary N) is 2. The van der Waals surface area contributed by atoms with Crippen LogP contribution in [0.2, 0.25) is 0 Å². The summed E-state index contributed by atoms with van der Waals surface area (Å²) < 4.78 is 15.4. The van der Waals surface area contributed by atoms with Crippen LogP contribution in [0.15, 0.2) is 12.1 Å². The molecular formula is C17H26N2O6. The van der Waals surface area contributed by atoms with Crippen LogP contribution < -0.4 is 15.4 Å². The maximum atomic E-state index is 11.9. The SMILES string of the molecule is COc1c(O)cc(NC(=O)OC(C)(C)C)cc1NC(=O)OC(C)(C)C. The summed E-state index contributed by atoms with van der Waals surface area (Å²) in [5.41, 5.74) is -0.997. The van der Waals surface area contributed by atoms with E-state index in [4.69, 9.17) is 14.2 Å². The van der Waals surface area contributed by atoms with E-state index >= 15 is 0 Å². The monoisotopic (exact) mass is 354 g/mol. The molecule has 25 heavy (non-hydrogen) atoms. The van der Waals surface area contributed by atoms with Gasteiger partial charge >= 0.3 is 12.2 Å². The van der Waals surface area contributed by atoms with E-state index in [2.05, 4.69) is 10.6 Å². The number of methoxy groups -OCH3 is 1. The number of hydrogen-bond acceptors (Lipinski definition) is 6. The highest BCUT2D eigenvalue weighted by Crippen LogP contribution is 2.38. The van der Waals surface area contributed by atoms with Crippen molar-refractivity contribution in [2.75, 3.05) is 17.7 Å². The zero-order valence-corrected chi connectivity index (χ0v) is 15.6. The zero-order chi connectivity index (χ0) is 19.4. The van der Waals surface area contributed by atoms with E-state index in [0.29, 0.717) is 0 Å². The summed E-state index contributed by atoms with van der Waals surface area (Å²) in [5, 5.41) is 15.0. The Balaban J connectivity index is 3.02. The predicted molar refractivity (Wildman–Crippen MR) is 94.4 cm³/mol. The standard InChI is InChI=1S/C17H26N2O6/c1-16(2,3)24-14(21)18-10-8-11(13(23-7)12(20)9-10)19-15(22)25-17(4,5)6/h8-9,20H,1-7H3,(H,18,21)(H,19,22). The topological polar surface area (TPSA) is 106 Å².